The zero-order chi connectivity index (χ0) is 17.0. The van der Waals surface area contributed by atoms with Crippen LogP contribution in [0.4, 0.5) is 0 Å². The molecule has 2 aromatic carbocycles. The van der Waals surface area contributed by atoms with Crippen LogP contribution in [-0.2, 0) is 0 Å². The van der Waals surface area contributed by atoms with Crippen LogP contribution in [0.15, 0.2) is 42.5 Å². The van der Waals surface area contributed by atoms with Crippen molar-refractivity contribution in [3.8, 4) is 5.75 Å². The normalized spacial score (nSPS) is 13.3. The number of rotatable bonds is 5. The van der Waals surface area contributed by atoms with Gasteiger partial charge < -0.3 is 15.2 Å². The van der Waals surface area contributed by atoms with Gasteiger partial charge in [0.05, 0.1) is 19.3 Å². The fourth-order valence-electron chi connectivity index (χ4n) is 2.56. The molecular weight excluding hydrogens is 290 g/mol. The number of carbonyl (C=O) groups is 1. The van der Waals surface area contributed by atoms with E-state index in [2.05, 4.69) is 5.32 Å². The molecule has 4 nitrogen and oxygen atoms in total. The average molecular weight is 313 g/mol. The summed E-state index contributed by atoms with van der Waals surface area (Å²) in [5.74, 6) is 0.546. The smallest absolute Gasteiger partial charge is 0.251 e. The molecule has 2 N–H and O–H groups in total. The zero-order valence-corrected chi connectivity index (χ0v) is 14.0. The van der Waals surface area contributed by atoms with E-state index in [0.717, 1.165) is 22.4 Å². The van der Waals surface area contributed by atoms with Crippen molar-refractivity contribution in [2.45, 2.75) is 32.9 Å². The summed E-state index contributed by atoms with van der Waals surface area (Å²) in [6.45, 7) is 5.70. The van der Waals surface area contributed by atoms with E-state index in [9.17, 15) is 9.90 Å². The second-order valence-electron chi connectivity index (χ2n) is 5.86. The quantitative estimate of drug-likeness (QED) is 0.891. The largest absolute Gasteiger partial charge is 0.497 e. The third-order valence-corrected chi connectivity index (χ3v) is 3.77. The molecule has 122 valence electrons. The molecule has 0 bridgehead atoms. The van der Waals surface area contributed by atoms with Crippen LogP contribution in [0, 0.1) is 13.8 Å². The number of ether oxygens (including phenoxy) is 1. The summed E-state index contributed by atoms with van der Waals surface area (Å²) in [7, 11) is 1.60. The highest BCUT2D eigenvalue weighted by Gasteiger charge is 2.19. The molecule has 0 radical (unpaired) electrons. The van der Waals surface area contributed by atoms with Crippen LogP contribution < -0.4 is 10.1 Å². The minimum absolute atomic E-state index is 0.183. The van der Waals surface area contributed by atoms with E-state index in [1.807, 2.05) is 32.0 Å². The number of aryl methyl sites for hydroxylation is 2. The SMILES string of the molecule is COc1ccc(C(O)C(C)NC(=O)c2cc(C)cc(C)c2)cc1. The maximum atomic E-state index is 12.4. The second-order valence-corrected chi connectivity index (χ2v) is 5.86. The lowest BCUT2D eigenvalue weighted by atomic mass is 10.0. The van der Waals surface area contributed by atoms with Gasteiger partial charge in [-0.3, -0.25) is 4.79 Å². The molecule has 0 saturated carbocycles. The summed E-state index contributed by atoms with van der Waals surface area (Å²) in [4.78, 5) is 12.4. The van der Waals surface area contributed by atoms with Gasteiger partial charge in [0.1, 0.15) is 5.75 Å². The molecule has 2 rings (SSSR count). The lowest BCUT2D eigenvalue weighted by Gasteiger charge is -2.21. The van der Waals surface area contributed by atoms with Crippen molar-refractivity contribution >= 4 is 5.91 Å². The first-order valence-corrected chi connectivity index (χ1v) is 7.62. The Bertz CT molecular complexity index is 659. The molecule has 2 aromatic rings. The molecule has 2 atom stereocenters. The standard InChI is InChI=1S/C19H23NO3/c1-12-9-13(2)11-16(10-12)19(22)20-14(3)18(21)15-5-7-17(23-4)8-6-15/h5-11,14,18,21H,1-4H3,(H,20,22). The molecule has 2 unspecified atom stereocenters. The monoisotopic (exact) mass is 313 g/mol. The molecule has 0 spiro atoms. The number of methoxy groups -OCH3 is 1. The summed E-state index contributed by atoms with van der Waals surface area (Å²) in [6.07, 6.45) is -0.782. The first-order chi connectivity index (χ1) is 10.9. The first kappa shape index (κ1) is 17.0. The third-order valence-electron chi connectivity index (χ3n) is 3.77. The molecule has 0 aliphatic rings. The maximum Gasteiger partial charge on any atom is 0.251 e. The van der Waals surface area contributed by atoms with Gasteiger partial charge in [0.2, 0.25) is 0 Å². The van der Waals surface area contributed by atoms with Crippen molar-refractivity contribution < 1.29 is 14.6 Å². The summed E-state index contributed by atoms with van der Waals surface area (Å²) in [5, 5.41) is 13.3. The topological polar surface area (TPSA) is 58.6 Å². The van der Waals surface area contributed by atoms with Gasteiger partial charge in [0.25, 0.3) is 5.91 Å². The van der Waals surface area contributed by atoms with Crippen molar-refractivity contribution in [3.05, 3.63) is 64.7 Å². The van der Waals surface area contributed by atoms with E-state index in [4.69, 9.17) is 4.74 Å². The molecule has 1 amide bonds. The van der Waals surface area contributed by atoms with Gasteiger partial charge in [-0.15, -0.1) is 0 Å². The van der Waals surface area contributed by atoms with Crippen LogP contribution in [-0.4, -0.2) is 24.2 Å². The summed E-state index contributed by atoms with van der Waals surface area (Å²) < 4.78 is 5.10. The van der Waals surface area contributed by atoms with E-state index in [-0.39, 0.29) is 5.91 Å². The Hall–Kier alpha value is -2.33. The van der Waals surface area contributed by atoms with Crippen LogP contribution in [0.5, 0.6) is 5.75 Å². The molecule has 0 saturated heterocycles. The Morgan fingerprint density at radius 1 is 1.09 bits per heavy atom. The lowest BCUT2D eigenvalue weighted by molar-refractivity contribution is 0.0852. The molecule has 4 heteroatoms. The van der Waals surface area contributed by atoms with Crippen LogP contribution in [0.25, 0.3) is 0 Å². The van der Waals surface area contributed by atoms with Gasteiger partial charge in [0, 0.05) is 5.56 Å². The molecular formula is C19H23NO3. The Balaban J connectivity index is 2.07. The average Bonchev–Trinajstić information content (AvgIpc) is 2.53. The number of hydrogen-bond donors (Lipinski definition) is 2. The summed E-state index contributed by atoms with van der Waals surface area (Å²) in [5.41, 5.74) is 3.42. The highest BCUT2D eigenvalue weighted by atomic mass is 16.5. The number of benzene rings is 2. The Morgan fingerprint density at radius 2 is 1.65 bits per heavy atom. The highest BCUT2D eigenvalue weighted by molar-refractivity contribution is 5.94. The van der Waals surface area contributed by atoms with Crippen molar-refractivity contribution in [1.29, 1.82) is 0 Å². The number of hydrogen-bond acceptors (Lipinski definition) is 3. The molecule has 0 fully saturated rings. The van der Waals surface area contributed by atoms with Gasteiger partial charge in [0.15, 0.2) is 0 Å². The van der Waals surface area contributed by atoms with E-state index in [1.54, 1.807) is 38.3 Å². The van der Waals surface area contributed by atoms with Crippen molar-refractivity contribution in [1.82, 2.24) is 5.32 Å². The van der Waals surface area contributed by atoms with Crippen molar-refractivity contribution in [3.63, 3.8) is 0 Å². The number of nitrogens with one attached hydrogen (secondary N) is 1. The highest BCUT2D eigenvalue weighted by Crippen LogP contribution is 2.20. The van der Waals surface area contributed by atoms with Gasteiger partial charge in [-0.25, -0.2) is 0 Å². The lowest BCUT2D eigenvalue weighted by Crippen LogP contribution is -2.37. The van der Waals surface area contributed by atoms with Gasteiger partial charge in [-0.2, -0.15) is 0 Å². The summed E-state index contributed by atoms with van der Waals surface area (Å²) in [6, 6.07) is 12.5. The first-order valence-electron chi connectivity index (χ1n) is 7.62. The van der Waals surface area contributed by atoms with Crippen molar-refractivity contribution in [2.75, 3.05) is 7.11 Å². The molecule has 0 aliphatic carbocycles. The maximum absolute atomic E-state index is 12.4. The number of aliphatic hydroxyl groups excluding tert-OH is 1. The number of aliphatic hydroxyl groups is 1. The fraction of sp³-hybridized carbons (Fsp3) is 0.316. The number of carbonyl (C=O) groups excluding carboxylic acids is 1. The van der Waals surface area contributed by atoms with Gasteiger partial charge in [-0.1, -0.05) is 29.3 Å². The minimum Gasteiger partial charge on any atom is -0.497 e. The van der Waals surface area contributed by atoms with Crippen LogP contribution in [0.1, 0.15) is 40.1 Å². The van der Waals surface area contributed by atoms with E-state index >= 15 is 0 Å². The predicted octanol–water partition coefficient (Wildman–Crippen LogP) is 3.16. The van der Waals surface area contributed by atoms with E-state index in [1.165, 1.54) is 0 Å². The third kappa shape index (κ3) is 4.33. The molecule has 23 heavy (non-hydrogen) atoms. The Labute approximate surface area is 137 Å². The summed E-state index contributed by atoms with van der Waals surface area (Å²) >= 11 is 0. The van der Waals surface area contributed by atoms with Crippen LogP contribution in [0.3, 0.4) is 0 Å². The minimum atomic E-state index is -0.782. The van der Waals surface area contributed by atoms with Crippen molar-refractivity contribution in [2.24, 2.45) is 0 Å². The second kappa shape index (κ2) is 7.29. The van der Waals surface area contributed by atoms with Gasteiger partial charge >= 0.3 is 0 Å². The number of amides is 1. The Morgan fingerprint density at radius 3 is 2.17 bits per heavy atom. The Kier molecular flexibility index (Phi) is 5.40. The van der Waals surface area contributed by atoms with Gasteiger partial charge in [-0.05, 0) is 50.6 Å². The molecule has 0 heterocycles. The molecule has 0 aromatic heterocycles. The zero-order valence-electron chi connectivity index (χ0n) is 14.0. The van der Waals surface area contributed by atoms with Crippen LogP contribution >= 0.6 is 0 Å². The van der Waals surface area contributed by atoms with E-state index < -0.39 is 12.1 Å². The fourth-order valence-corrected chi connectivity index (χ4v) is 2.56. The molecule has 0 aliphatic heterocycles. The van der Waals surface area contributed by atoms with Crippen LogP contribution in [0.2, 0.25) is 0 Å². The predicted molar refractivity (Wildman–Crippen MR) is 90.8 cm³/mol. The van der Waals surface area contributed by atoms with E-state index in [0.29, 0.717) is 5.56 Å².